The van der Waals surface area contributed by atoms with Crippen LogP contribution in [0.1, 0.15) is 35.4 Å². The van der Waals surface area contributed by atoms with Crippen LogP contribution in [0.3, 0.4) is 0 Å². The fourth-order valence-corrected chi connectivity index (χ4v) is 4.16. The largest absolute Gasteiger partial charge is 0.305 e. The molecule has 1 aromatic heterocycles. The Morgan fingerprint density at radius 3 is 2.81 bits per heavy atom. The molecule has 1 aromatic carbocycles. The molecule has 2 aromatic rings. The molecule has 1 fully saturated rings. The van der Waals surface area contributed by atoms with Crippen LogP contribution in [0.4, 0.5) is 0 Å². The molecule has 2 unspecified atom stereocenters. The van der Waals surface area contributed by atoms with E-state index in [4.69, 9.17) is 0 Å². The van der Waals surface area contributed by atoms with Gasteiger partial charge in [0.15, 0.2) is 0 Å². The number of nitrogens with one attached hydrogen (secondary N) is 1. The SMILES string of the molecule is Cc1ccsc1C(C)NC1CCN(Cc2ccccc2)C1. The van der Waals surface area contributed by atoms with Crippen molar-refractivity contribution in [1.82, 2.24) is 10.2 Å². The lowest BCUT2D eigenvalue weighted by Crippen LogP contribution is -2.34. The molecule has 2 nitrogen and oxygen atoms in total. The highest BCUT2D eigenvalue weighted by molar-refractivity contribution is 7.10. The smallest absolute Gasteiger partial charge is 0.0391 e. The minimum absolute atomic E-state index is 0.465. The number of thiophene rings is 1. The zero-order valence-electron chi connectivity index (χ0n) is 12.9. The van der Waals surface area contributed by atoms with Gasteiger partial charge < -0.3 is 5.32 Å². The summed E-state index contributed by atoms with van der Waals surface area (Å²) in [6.07, 6.45) is 1.25. The fourth-order valence-electron chi connectivity index (χ4n) is 3.21. The van der Waals surface area contributed by atoms with Crippen LogP contribution in [0.15, 0.2) is 41.8 Å². The summed E-state index contributed by atoms with van der Waals surface area (Å²) >= 11 is 1.87. The molecule has 1 saturated heterocycles. The second-order valence-corrected chi connectivity index (χ2v) is 7.01. The Morgan fingerprint density at radius 1 is 1.29 bits per heavy atom. The van der Waals surface area contributed by atoms with Crippen molar-refractivity contribution < 1.29 is 0 Å². The standard InChI is InChI=1S/C18H24N2S/c1-14-9-11-21-18(14)15(2)19-17-8-10-20(13-17)12-16-6-4-3-5-7-16/h3-7,9,11,15,17,19H,8,10,12-13H2,1-2H3. The molecule has 0 saturated carbocycles. The maximum Gasteiger partial charge on any atom is 0.0391 e. The molecule has 0 bridgehead atoms. The summed E-state index contributed by atoms with van der Waals surface area (Å²) in [5.74, 6) is 0. The molecular weight excluding hydrogens is 276 g/mol. The van der Waals surface area contributed by atoms with Gasteiger partial charge in [0.1, 0.15) is 0 Å². The first-order valence-electron chi connectivity index (χ1n) is 7.78. The summed E-state index contributed by atoms with van der Waals surface area (Å²) in [7, 11) is 0. The lowest BCUT2D eigenvalue weighted by atomic mass is 10.1. The highest BCUT2D eigenvalue weighted by Gasteiger charge is 2.24. The van der Waals surface area contributed by atoms with E-state index >= 15 is 0 Å². The van der Waals surface area contributed by atoms with E-state index in [9.17, 15) is 0 Å². The van der Waals surface area contributed by atoms with Crippen molar-refractivity contribution >= 4 is 11.3 Å². The van der Waals surface area contributed by atoms with Crippen LogP contribution in [0.25, 0.3) is 0 Å². The lowest BCUT2D eigenvalue weighted by Gasteiger charge is -2.20. The van der Waals surface area contributed by atoms with E-state index in [0.29, 0.717) is 12.1 Å². The van der Waals surface area contributed by atoms with E-state index in [-0.39, 0.29) is 0 Å². The molecule has 0 aliphatic carbocycles. The minimum Gasteiger partial charge on any atom is -0.305 e. The van der Waals surface area contributed by atoms with Gasteiger partial charge in [-0.05, 0) is 42.8 Å². The Hall–Kier alpha value is -1.16. The second-order valence-electron chi connectivity index (χ2n) is 6.06. The van der Waals surface area contributed by atoms with Crippen molar-refractivity contribution in [3.8, 4) is 0 Å². The third kappa shape index (κ3) is 3.73. The van der Waals surface area contributed by atoms with Crippen LogP contribution in [-0.2, 0) is 6.54 Å². The van der Waals surface area contributed by atoms with Gasteiger partial charge >= 0.3 is 0 Å². The summed E-state index contributed by atoms with van der Waals surface area (Å²) in [4.78, 5) is 4.04. The maximum absolute atomic E-state index is 3.81. The van der Waals surface area contributed by atoms with Crippen molar-refractivity contribution in [2.75, 3.05) is 13.1 Å². The highest BCUT2D eigenvalue weighted by atomic mass is 32.1. The van der Waals surface area contributed by atoms with Crippen LogP contribution in [0.2, 0.25) is 0 Å². The molecule has 2 heterocycles. The number of hydrogen-bond acceptors (Lipinski definition) is 3. The molecule has 0 spiro atoms. The van der Waals surface area contributed by atoms with E-state index < -0.39 is 0 Å². The second kappa shape index (κ2) is 6.73. The quantitative estimate of drug-likeness (QED) is 0.898. The molecule has 2 atom stereocenters. The third-order valence-corrected chi connectivity index (χ3v) is 5.50. The van der Waals surface area contributed by atoms with Crippen LogP contribution in [0, 0.1) is 6.92 Å². The molecule has 3 rings (SSSR count). The molecule has 1 N–H and O–H groups in total. The molecule has 21 heavy (non-hydrogen) atoms. The molecule has 3 heteroatoms. The topological polar surface area (TPSA) is 15.3 Å². The first kappa shape index (κ1) is 14.8. The molecule has 112 valence electrons. The Morgan fingerprint density at radius 2 is 2.10 bits per heavy atom. The van der Waals surface area contributed by atoms with Gasteiger partial charge in [-0.25, -0.2) is 0 Å². The van der Waals surface area contributed by atoms with Gasteiger partial charge in [-0.15, -0.1) is 11.3 Å². The van der Waals surface area contributed by atoms with Gasteiger partial charge in [0.25, 0.3) is 0 Å². The first-order valence-corrected chi connectivity index (χ1v) is 8.66. The number of rotatable bonds is 5. The average Bonchev–Trinajstić information content (AvgIpc) is 3.09. The van der Waals surface area contributed by atoms with Crippen LogP contribution >= 0.6 is 11.3 Å². The molecule has 0 radical (unpaired) electrons. The lowest BCUT2D eigenvalue weighted by molar-refractivity contribution is 0.316. The highest BCUT2D eigenvalue weighted by Crippen LogP contribution is 2.25. The summed E-state index contributed by atoms with van der Waals surface area (Å²) in [5.41, 5.74) is 2.83. The third-order valence-electron chi connectivity index (χ3n) is 4.30. The van der Waals surface area contributed by atoms with Gasteiger partial charge in [0.2, 0.25) is 0 Å². The summed E-state index contributed by atoms with van der Waals surface area (Å²) in [6.45, 7) is 7.93. The van der Waals surface area contributed by atoms with Crippen LogP contribution < -0.4 is 5.32 Å². The van der Waals surface area contributed by atoms with Crippen molar-refractivity contribution in [3.05, 3.63) is 57.8 Å². The van der Waals surface area contributed by atoms with E-state index in [1.807, 2.05) is 11.3 Å². The zero-order valence-corrected chi connectivity index (χ0v) is 13.7. The predicted octanol–water partition coefficient (Wildman–Crippen LogP) is 3.98. The number of nitrogens with zero attached hydrogens (tertiary/aromatic N) is 1. The van der Waals surface area contributed by atoms with Crippen molar-refractivity contribution in [2.45, 2.75) is 38.9 Å². The average molecular weight is 300 g/mol. The molecule has 0 amide bonds. The zero-order chi connectivity index (χ0) is 14.7. The van der Waals surface area contributed by atoms with Crippen LogP contribution in [-0.4, -0.2) is 24.0 Å². The summed E-state index contributed by atoms with van der Waals surface area (Å²) in [5, 5.41) is 6.00. The molecular formula is C18H24N2S. The number of aryl methyl sites for hydroxylation is 1. The van der Waals surface area contributed by atoms with Crippen LogP contribution in [0.5, 0.6) is 0 Å². The van der Waals surface area contributed by atoms with E-state index in [1.165, 1.54) is 29.0 Å². The summed E-state index contributed by atoms with van der Waals surface area (Å²) < 4.78 is 0. The van der Waals surface area contributed by atoms with Gasteiger partial charge in [0.05, 0.1) is 0 Å². The van der Waals surface area contributed by atoms with Crippen molar-refractivity contribution in [2.24, 2.45) is 0 Å². The minimum atomic E-state index is 0.465. The van der Waals surface area contributed by atoms with Crippen molar-refractivity contribution in [3.63, 3.8) is 0 Å². The van der Waals surface area contributed by atoms with Gasteiger partial charge in [-0.1, -0.05) is 30.3 Å². The first-order chi connectivity index (χ1) is 10.2. The fraction of sp³-hybridized carbons (Fsp3) is 0.444. The van der Waals surface area contributed by atoms with E-state index in [1.54, 1.807) is 0 Å². The Labute approximate surface area is 131 Å². The predicted molar refractivity (Wildman–Crippen MR) is 90.7 cm³/mol. The van der Waals surface area contributed by atoms with Gasteiger partial charge in [0, 0.05) is 36.6 Å². The van der Waals surface area contributed by atoms with Crippen molar-refractivity contribution in [1.29, 1.82) is 0 Å². The number of benzene rings is 1. The number of hydrogen-bond donors (Lipinski definition) is 1. The maximum atomic E-state index is 3.81. The number of likely N-dealkylation sites (tertiary alicyclic amines) is 1. The summed E-state index contributed by atoms with van der Waals surface area (Å²) in [6, 6.07) is 14.1. The van der Waals surface area contributed by atoms with E-state index in [0.717, 1.165) is 13.1 Å². The molecule has 1 aliphatic rings. The van der Waals surface area contributed by atoms with E-state index in [2.05, 4.69) is 65.8 Å². The normalized spacial score (nSPS) is 20.8. The van der Waals surface area contributed by atoms with Gasteiger partial charge in [-0.2, -0.15) is 0 Å². The monoisotopic (exact) mass is 300 g/mol. The van der Waals surface area contributed by atoms with Gasteiger partial charge in [-0.3, -0.25) is 4.90 Å². The Balaban J connectivity index is 1.52. The molecule has 1 aliphatic heterocycles. The Bertz CT molecular complexity index is 564. The Kier molecular flexibility index (Phi) is 4.73.